The maximum Gasteiger partial charge on any atom is 0.509 e. The molecule has 3 heterocycles. The lowest BCUT2D eigenvalue weighted by Gasteiger charge is -2.47. The fourth-order valence-electron chi connectivity index (χ4n) is 8.37. The van der Waals surface area contributed by atoms with Crippen molar-refractivity contribution in [1.82, 2.24) is 9.80 Å². The van der Waals surface area contributed by atoms with Crippen molar-refractivity contribution in [3.8, 4) is 0 Å². The van der Waals surface area contributed by atoms with E-state index in [1.165, 1.54) is 25.1 Å². The van der Waals surface area contributed by atoms with Gasteiger partial charge in [0.15, 0.2) is 18.0 Å². The Morgan fingerprint density at radius 1 is 1.11 bits per heavy atom. The maximum absolute atomic E-state index is 14.6. The number of carbonyl (C=O) groups is 3. The van der Waals surface area contributed by atoms with Crippen LogP contribution < -0.4 is 5.32 Å². The van der Waals surface area contributed by atoms with Crippen LogP contribution in [0, 0.1) is 23.6 Å². The number of likely N-dealkylation sites (N-methyl/N-ethyl adjacent to an activating group) is 2. The van der Waals surface area contributed by atoms with Crippen LogP contribution in [-0.4, -0.2) is 132 Å². The first-order chi connectivity index (χ1) is 24.7. The number of nitrogens with zero attached hydrogens (tertiary/aromatic N) is 2. The van der Waals surface area contributed by atoms with Crippen molar-refractivity contribution in [2.24, 2.45) is 17.8 Å². The fourth-order valence-corrected chi connectivity index (χ4v) is 8.37. The van der Waals surface area contributed by atoms with E-state index in [0.717, 1.165) is 0 Å². The number of esters is 1. The molecule has 0 spiro atoms. The summed E-state index contributed by atoms with van der Waals surface area (Å²) in [6.45, 7) is 14.4. The lowest BCUT2D eigenvalue weighted by Crippen LogP contribution is -2.59. The minimum Gasteiger partial charge on any atom is -0.458 e. The van der Waals surface area contributed by atoms with Gasteiger partial charge in [-0.05, 0) is 93.1 Å². The van der Waals surface area contributed by atoms with Gasteiger partial charge >= 0.3 is 18.2 Å². The van der Waals surface area contributed by atoms with E-state index < -0.39 is 89.9 Å². The number of hydrogen-bond acceptors (Lipinski definition) is 13. The molecule has 3 aliphatic heterocycles. The molecule has 4 rings (SSSR count). The smallest absolute Gasteiger partial charge is 0.458 e. The molecule has 1 aromatic carbocycles. The maximum atomic E-state index is 14.6. The second kappa shape index (κ2) is 17.2. The molecule has 14 nitrogen and oxygen atoms in total. The van der Waals surface area contributed by atoms with Crippen LogP contribution in [0.15, 0.2) is 24.3 Å². The van der Waals surface area contributed by atoms with Crippen molar-refractivity contribution in [3.05, 3.63) is 30.1 Å². The second-order valence-electron chi connectivity index (χ2n) is 16.0. The molecule has 3 N–H and O–H groups in total. The predicted molar refractivity (Wildman–Crippen MR) is 192 cm³/mol. The van der Waals surface area contributed by atoms with Crippen molar-refractivity contribution in [3.63, 3.8) is 0 Å². The number of amides is 1. The SMILES string of the molecule is CC[C@H]1OC(=O)[C@H](C)[C@@H](OC(=O)Nc2ccccc2F)[C@H](C)[C@@H](O[C@@H]2O[C@H](C)C[C@H](N(C)C)[C@H]2O)[C@](C)(O)C[C@@H](C)CN(C)[C@H](C)[C@H]2OC(=O)O[C@@]21C. The van der Waals surface area contributed by atoms with Gasteiger partial charge in [0.25, 0.3) is 0 Å². The first kappa shape index (κ1) is 42.7. The molecule has 1 aromatic rings. The van der Waals surface area contributed by atoms with E-state index in [1.54, 1.807) is 33.8 Å². The van der Waals surface area contributed by atoms with Gasteiger partial charge in [-0.2, -0.15) is 0 Å². The van der Waals surface area contributed by atoms with Gasteiger partial charge in [-0.3, -0.25) is 15.0 Å². The molecule has 15 heteroatoms. The summed E-state index contributed by atoms with van der Waals surface area (Å²) in [5.74, 6) is -3.81. The molecule has 3 saturated heterocycles. The zero-order valence-electron chi connectivity index (χ0n) is 32.9. The number of carbonyl (C=O) groups excluding carboxylic acids is 3. The number of nitrogens with one attached hydrogen (secondary N) is 1. The van der Waals surface area contributed by atoms with Gasteiger partial charge in [0.05, 0.1) is 29.4 Å². The highest BCUT2D eigenvalue weighted by atomic mass is 19.1. The van der Waals surface area contributed by atoms with Crippen LogP contribution >= 0.6 is 0 Å². The number of fused-ring (bicyclic) bond motifs is 1. The highest BCUT2D eigenvalue weighted by Crippen LogP contribution is 2.40. The number of halogens is 1. The van der Waals surface area contributed by atoms with Gasteiger partial charge in [0.1, 0.15) is 24.1 Å². The van der Waals surface area contributed by atoms with E-state index >= 15 is 0 Å². The van der Waals surface area contributed by atoms with Gasteiger partial charge in [-0.1, -0.05) is 32.9 Å². The molecule has 0 aliphatic carbocycles. The largest absolute Gasteiger partial charge is 0.509 e. The van der Waals surface area contributed by atoms with Gasteiger partial charge < -0.3 is 43.5 Å². The number of benzene rings is 1. The van der Waals surface area contributed by atoms with Crippen LogP contribution in [-0.2, 0) is 33.2 Å². The Morgan fingerprint density at radius 3 is 2.40 bits per heavy atom. The molecule has 300 valence electrons. The Kier molecular flexibility index (Phi) is 13.8. The van der Waals surface area contributed by atoms with E-state index in [2.05, 4.69) is 5.32 Å². The molecule has 0 aromatic heterocycles. The minimum atomic E-state index is -1.66. The number of hydrogen-bond donors (Lipinski definition) is 3. The summed E-state index contributed by atoms with van der Waals surface area (Å²) in [5.41, 5.74) is -3.16. The number of ether oxygens (including phenoxy) is 6. The number of anilines is 1. The highest BCUT2D eigenvalue weighted by molar-refractivity contribution is 5.85. The van der Waals surface area contributed by atoms with E-state index in [1.807, 2.05) is 51.7 Å². The average molecular weight is 754 g/mol. The van der Waals surface area contributed by atoms with Gasteiger partial charge in [-0.15, -0.1) is 0 Å². The Bertz CT molecular complexity index is 1430. The van der Waals surface area contributed by atoms with E-state index in [4.69, 9.17) is 28.4 Å². The van der Waals surface area contributed by atoms with Gasteiger partial charge in [-0.25, -0.2) is 14.0 Å². The molecule has 3 fully saturated rings. The Hall–Kier alpha value is -3.08. The van der Waals surface area contributed by atoms with Crippen molar-refractivity contribution in [1.29, 1.82) is 0 Å². The molecule has 3 aliphatic rings. The quantitative estimate of drug-likeness (QED) is 0.274. The first-order valence-electron chi connectivity index (χ1n) is 18.6. The summed E-state index contributed by atoms with van der Waals surface area (Å²) in [7, 11) is 5.57. The van der Waals surface area contributed by atoms with E-state index in [9.17, 15) is 29.0 Å². The minimum absolute atomic E-state index is 0.139. The molecule has 0 bridgehead atoms. The lowest BCUT2D eigenvalue weighted by atomic mass is 9.77. The Balaban J connectivity index is 1.81. The number of rotatable bonds is 6. The van der Waals surface area contributed by atoms with Crippen LogP contribution in [0.25, 0.3) is 0 Å². The summed E-state index contributed by atoms with van der Waals surface area (Å²) < 4.78 is 50.8. The van der Waals surface area contributed by atoms with Gasteiger partial charge in [0.2, 0.25) is 0 Å². The van der Waals surface area contributed by atoms with Crippen LogP contribution in [0.4, 0.5) is 19.7 Å². The standard InChI is InChI=1S/C38H60FN3O11/c1-12-28-38(8)32(52-36(46)53-38)24(6)42(11)19-20(2)18-37(7,47)31(51-34-29(43)27(41(9)10)17-21(3)48-34)22(4)30(23(5)33(44)49-28)50-35(45)40-26-16-14-13-15-25(26)39/h13-16,20-24,27-32,34,43,47H,12,17-19H2,1-11H3,(H,40,45)/t20-,21-,22+,23-,24-,27+,28-,29-,30+,31-,32-,34+,37-,38-/m1/s1. The number of cyclic esters (lactones) is 1. The van der Waals surface area contributed by atoms with Crippen molar-refractivity contribution >= 4 is 23.9 Å². The normalized spacial score (nSPS) is 40.6. The molecule has 0 unspecified atom stereocenters. The third kappa shape index (κ3) is 9.60. The molecular formula is C38H60FN3O11. The molecule has 53 heavy (non-hydrogen) atoms. The van der Waals surface area contributed by atoms with Crippen LogP contribution in [0.2, 0.25) is 0 Å². The van der Waals surface area contributed by atoms with Crippen molar-refractivity contribution < 1.29 is 57.4 Å². The van der Waals surface area contributed by atoms with Crippen LogP contribution in [0.5, 0.6) is 0 Å². The summed E-state index contributed by atoms with van der Waals surface area (Å²) in [6.07, 6.45) is -7.87. The van der Waals surface area contributed by atoms with Crippen LogP contribution in [0.3, 0.4) is 0 Å². The monoisotopic (exact) mass is 753 g/mol. The molecule has 14 atom stereocenters. The third-order valence-corrected chi connectivity index (χ3v) is 11.2. The Morgan fingerprint density at radius 2 is 1.77 bits per heavy atom. The zero-order chi connectivity index (χ0) is 39.6. The Labute approximate surface area is 312 Å². The molecule has 0 saturated carbocycles. The number of aliphatic hydroxyl groups excluding tert-OH is 1. The lowest BCUT2D eigenvalue weighted by molar-refractivity contribution is -0.299. The number of aliphatic hydroxyl groups is 2. The molecule has 0 radical (unpaired) electrons. The summed E-state index contributed by atoms with van der Waals surface area (Å²) in [5, 5.41) is 26.3. The third-order valence-electron chi connectivity index (χ3n) is 11.2. The number of para-hydroxylation sites is 1. The average Bonchev–Trinajstić information content (AvgIpc) is 3.39. The highest BCUT2D eigenvalue weighted by Gasteiger charge is 2.58. The summed E-state index contributed by atoms with van der Waals surface area (Å²) >= 11 is 0. The fraction of sp³-hybridized carbons (Fsp3) is 0.763. The predicted octanol–water partition coefficient (Wildman–Crippen LogP) is 4.55. The molecule has 1 amide bonds. The van der Waals surface area contributed by atoms with E-state index in [-0.39, 0.29) is 36.6 Å². The van der Waals surface area contributed by atoms with Crippen molar-refractivity contribution in [2.45, 2.75) is 141 Å². The van der Waals surface area contributed by atoms with Crippen molar-refractivity contribution in [2.75, 3.05) is 33.0 Å². The summed E-state index contributed by atoms with van der Waals surface area (Å²) in [4.78, 5) is 44.2. The topological polar surface area (TPSA) is 166 Å². The zero-order valence-corrected chi connectivity index (χ0v) is 32.9. The van der Waals surface area contributed by atoms with Crippen LogP contribution in [0.1, 0.15) is 74.7 Å². The second-order valence-corrected chi connectivity index (χ2v) is 16.0. The first-order valence-corrected chi connectivity index (χ1v) is 18.6. The summed E-state index contributed by atoms with van der Waals surface area (Å²) in [6, 6.07) is 4.84. The van der Waals surface area contributed by atoms with E-state index in [0.29, 0.717) is 13.0 Å². The van der Waals surface area contributed by atoms with Gasteiger partial charge in [0, 0.05) is 24.5 Å². The molecular weight excluding hydrogens is 693 g/mol.